The first-order chi connectivity index (χ1) is 15.4. The molecule has 8 heteroatoms. The van der Waals surface area contributed by atoms with Crippen molar-refractivity contribution in [3.63, 3.8) is 0 Å². The SMILES string of the molecule is COc1cc(/C=N\NC(=O)c2ccc(Cl)cc2)ccc1OCC(=O)Nc1ccc(C)cc1. The predicted molar refractivity (Wildman–Crippen MR) is 125 cm³/mol. The molecule has 0 bridgehead atoms. The molecule has 0 atom stereocenters. The quantitative estimate of drug-likeness (QED) is 0.391. The van der Waals surface area contributed by atoms with E-state index < -0.39 is 0 Å². The van der Waals surface area contributed by atoms with Gasteiger partial charge in [0.05, 0.1) is 13.3 Å². The van der Waals surface area contributed by atoms with Crippen LogP contribution in [0.15, 0.2) is 71.8 Å². The van der Waals surface area contributed by atoms with E-state index in [0.29, 0.717) is 33.3 Å². The number of hydrogen-bond acceptors (Lipinski definition) is 5. The first-order valence-electron chi connectivity index (χ1n) is 9.71. The van der Waals surface area contributed by atoms with Gasteiger partial charge >= 0.3 is 0 Å². The average Bonchev–Trinajstić information content (AvgIpc) is 2.80. The Morgan fingerprint density at radius 2 is 1.72 bits per heavy atom. The van der Waals surface area contributed by atoms with Gasteiger partial charge in [0, 0.05) is 16.3 Å². The number of carbonyl (C=O) groups is 2. The highest BCUT2D eigenvalue weighted by Gasteiger charge is 2.09. The van der Waals surface area contributed by atoms with Crippen LogP contribution in [-0.4, -0.2) is 31.7 Å². The number of aryl methyl sites for hydroxylation is 1. The van der Waals surface area contributed by atoms with E-state index in [9.17, 15) is 9.59 Å². The second-order valence-electron chi connectivity index (χ2n) is 6.82. The van der Waals surface area contributed by atoms with Crippen molar-refractivity contribution >= 4 is 35.3 Å². The van der Waals surface area contributed by atoms with Crippen LogP contribution in [0.4, 0.5) is 5.69 Å². The van der Waals surface area contributed by atoms with Crippen molar-refractivity contribution < 1.29 is 19.1 Å². The van der Waals surface area contributed by atoms with Gasteiger partial charge in [-0.15, -0.1) is 0 Å². The fourth-order valence-corrected chi connectivity index (χ4v) is 2.82. The van der Waals surface area contributed by atoms with Gasteiger partial charge in [-0.25, -0.2) is 5.43 Å². The highest BCUT2D eigenvalue weighted by Crippen LogP contribution is 2.27. The van der Waals surface area contributed by atoms with Crippen LogP contribution in [0.3, 0.4) is 0 Å². The molecule has 0 aliphatic rings. The molecule has 0 heterocycles. The van der Waals surface area contributed by atoms with Crippen LogP contribution in [-0.2, 0) is 4.79 Å². The number of amides is 2. The van der Waals surface area contributed by atoms with Crippen molar-refractivity contribution in [2.24, 2.45) is 5.10 Å². The van der Waals surface area contributed by atoms with E-state index >= 15 is 0 Å². The molecule has 0 unspecified atom stereocenters. The van der Waals surface area contributed by atoms with Gasteiger partial charge in [-0.3, -0.25) is 9.59 Å². The lowest BCUT2D eigenvalue weighted by molar-refractivity contribution is -0.118. The first kappa shape index (κ1) is 22.8. The zero-order chi connectivity index (χ0) is 22.9. The standard InChI is InChI=1S/C24H22ClN3O4/c1-16-3-10-20(11-4-16)27-23(29)15-32-21-12-5-17(13-22(21)31-2)14-26-28-24(30)18-6-8-19(25)9-7-18/h3-14H,15H2,1-2H3,(H,27,29)(H,28,30)/b26-14-. The number of hydrogen-bond donors (Lipinski definition) is 2. The molecule has 0 saturated carbocycles. The molecular formula is C24H22ClN3O4. The fraction of sp³-hybridized carbons (Fsp3) is 0.125. The third-order valence-electron chi connectivity index (χ3n) is 4.37. The van der Waals surface area contributed by atoms with Crippen molar-refractivity contribution in [1.82, 2.24) is 5.43 Å². The van der Waals surface area contributed by atoms with Crippen LogP contribution in [0, 0.1) is 6.92 Å². The number of hydrazone groups is 1. The Kier molecular flexibility index (Phi) is 7.83. The fourth-order valence-electron chi connectivity index (χ4n) is 2.69. The van der Waals surface area contributed by atoms with Gasteiger partial charge in [0.15, 0.2) is 18.1 Å². The lowest BCUT2D eigenvalue weighted by atomic mass is 10.2. The zero-order valence-corrected chi connectivity index (χ0v) is 18.3. The van der Waals surface area contributed by atoms with Crippen molar-refractivity contribution in [3.05, 3.63) is 88.4 Å². The van der Waals surface area contributed by atoms with Crippen LogP contribution >= 0.6 is 11.6 Å². The van der Waals surface area contributed by atoms with Gasteiger partial charge in [0.25, 0.3) is 11.8 Å². The number of rotatable bonds is 8. The molecule has 2 amide bonds. The van der Waals surface area contributed by atoms with Crippen LogP contribution in [0.5, 0.6) is 11.5 Å². The topological polar surface area (TPSA) is 89.0 Å². The minimum Gasteiger partial charge on any atom is -0.493 e. The van der Waals surface area contributed by atoms with Crippen molar-refractivity contribution in [3.8, 4) is 11.5 Å². The van der Waals surface area contributed by atoms with Crippen LogP contribution < -0.4 is 20.2 Å². The summed E-state index contributed by atoms with van der Waals surface area (Å²) in [7, 11) is 1.50. The summed E-state index contributed by atoms with van der Waals surface area (Å²) in [5.41, 5.74) is 5.37. The second-order valence-corrected chi connectivity index (χ2v) is 7.26. The summed E-state index contributed by atoms with van der Waals surface area (Å²) < 4.78 is 10.9. The summed E-state index contributed by atoms with van der Waals surface area (Å²) in [6.07, 6.45) is 1.48. The van der Waals surface area contributed by atoms with Gasteiger partial charge in [-0.2, -0.15) is 5.10 Å². The first-order valence-corrected chi connectivity index (χ1v) is 10.1. The number of anilines is 1. The summed E-state index contributed by atoms with van der Waals surface area (Å²) in [4.78, 5) is 24.2. The monoisotopic (exact) mass is 451 g/mol. The lowest BCUT2D eigenvalue weighted by Crippen LogP contribution is -2.20. The molecule has 164 valence electrons. The molecule has 0 fully saturated rings. The maximum Gasteiger partial charge on any atom is 0.271 e. The minimum absolute atomic E-state index is 0.172. The highest BCUT2D eigenvalue weighted by molar-refractivity contribution is 6.30. The van der Waals surface area contributed by atoms with E-state index in [1.807, 2.05) is 31.2 Å². The summed E-state index contributed by atoms with van der Waals surface area (Å²) in [6, 6.07) is 19.0. The molecule has 0 aliphatic heterocycles. The maximum atomic E-state index is 12.1. The van der Waals surface area contributed by atoms with E-state index in [-0.39, 0.29) is 18.4 Å². The molecule has 3 aromatic carbocycles. The number of halogens is 1. The molecule has 0 aromatic heterocycles. The van der Waals surface area contributed by atoms with Crippen molar-refractivity contribution in [2.45, 2.75) is 6.92 Å². The van der Waals surface area contributed by atoms with Crippen LogP contribution in [0.1, 0.15) is 21.5 Å². The Balaban J connectivity index is 1.55. The van der Waals surface area contributed by atoms with E-state index in [0.717, 1.165) is 5.56 Å². The number of carbonyl (C=O) groups excluding carboxylic acids is 2. The maximum absolute atomic E-state index is 12.1. The summed E-state index contributed by atoms with van der Waals surface area (Å²) >= 11 is 5.82. The summed E-state index contributed by atoms with van der Waals surface area (Å²) in [5.74, 6) is 0.200. The normalized spacial score (nSPS) is 10.6. The zero-order valence-electron chi connectivity index (χ0n) is 17.6. The number of ether oxygens (including phenoxy) is 2. The minimum atomic E-state index is -0.357. The number of nitrogens with one attached hydrogen (secondary N) is 2. The van der Waals surface area contributed by atoms with Crippen molar-refractivity contribution in [1.29, 1.82) is 0 Å². The summed E-state index contributed by atoms with van der Waals surface area (Å²) in [5, 5.41) is 7.27. The Bertz CT molecular complexity index is 1110. The summed E-state index contributed by atoms with van der Waals surface area (Å²) in [6.45, 7) is 1.80. The Hall–Kier alpha value is -3.84. The molecule has 3 aromatic rings. The van der Waals surface area contributed by atoms with Gasteiger partial charge in [-0.05, 0) is 67.1 Å². The molecular weight excluding hydrogens is 430 g/mol. The highest BCUT2D eigenvalue weighted by atomic mass is 35.5. The largest absolute Gasteiger partial charge is 0.493 e. The van der Waals surface area contributed by atoms with Gasteiger partial charge in [-0.1, -0.05) is 29.3 Å². The van der Waals surface area contributed by atoms with Gasteiger partial charge in [0.2, 0.25) is 0 Å². The molecule has 0 radical (unpaired) electrons. The molecule has 3 rings (SSSR count). The Labute approximate surface area is 191 Å². The molecule has 0 spiro atoms. The van der Waals surface area contributed by atoms with Crippen molar-refractivity contribution in [2.75, 3.05) is 19.0 Å². The van der Waals surface area contributed by atoms with Crippen LogP contribution in [0.25, 0.3) is 0 Å². The Morgan fingerprint density at radius 1 is 1.00 bits per heavy atom. The van der Waals surface area contributed by atoms with Gasteiger partial charge < -0.3 is 14.8 Å². The molecule has 32 heavy (non-hydrogen) atoms. The van der Waals surface area contributed by atoms with E-state index in [1.165, 1.54) is 13.3 Å². The van der Waals surface area contributed by atoms with E-state index in [4.69, 9.17) is 21.1 Å². The molecule has 0 aliphatic carbocycles. The average molecular weight is 452 g/mol. The third-order valence-corrected chi connectivity index (χ3v) is 4.62. The number of nitrogens with zero attached hydrogens (tertiary/aromatic N) is 1. The lowest BCUT2D eigenvalue weighted by Gasteiger charge is -2.11. The number of benzene rings is 3. The molecule has 2 N–H and O–H groups in total. The van der Waals surface area contributed by atoms with E-state index in [1.54, 1.807) is 42.5 Å². The van der Waals surface area contributed by atoms with E-state index in [2.05, 4.69) is 15.8 Å². The Morgan fingerprint density at radius 3 is 2.41 bits per heavy atom. The predicted octanol–water partition coefficient (Wildman–Crippen LogP) is 4.44. The van der Waals surface area contributed by atoms with Gasteiger partial charge in [0.1, 0.15) is 0 Å². The second kappa shape index (κ2) is 11.0. The number of methoxy groups -OCH3 is 1. The van der Waals surface area contributed by atoms with Crippen LogP contribution in [0.2, 0.25) is 5.02 Å². The third kappa shape index (κ3) is 6.58. The molecule has 7 nitrogen and oxygen atoms in total. The molecule has 0 saturated heterocycles. The smallest absolute Gasteiger partial charge is 0.271 e.